The van der Waals surface area contributed by atoms with Gasteiger partial charge in [-0.25, -0.2) is 4.98 Å². The molecule has 0 bridgehead atoms. The summed E-state index contributed by atoms with van der Waals surface area (Å²) in [5.74, 6) is 0.673. The minimum atomic E-state index is 0.0149. The maximum absolute atomic E-state index is 12.7. The van der Waals surface area contributed by atoms with Crippen molar-refractivity contribution in [2.75, 3.05) is 5.73 Å². The monoisotopic (exact) mass is 370 g/mol. The van der Waals surface area contributed by atoms with E-state index in [1.807, 2.05) is 17.5 Å². The van der Waals surface area contributed by atoms with Crippen LogP contribution in [0.5, 0.6) is 0 Å². The highest BCUT2D eigenvalue weighted by Gasteiger charge is 2.30. The molecule has 2 N–H and O–H groups in total. The second-order valence-electron chi connectivity index (χ2n) is 7.90. The van der Waals surface area contributed by atoms with Crippen LogP contribution in [0.25, 0.3) is 10.2 Å². The number of anilines is 1. The predicted octanol–water partition coefficient (Wildman–Crippen LogP) is 5.32. The predicted molar refractivity (Wildman–Crippen MR) is 107 cm³/mol. The molecule has 25 heavy (non-hydrogen) atoms. The number of thiophene rings is 2. The number of nitrogen functional groups attached to an aromatic ring is 1. The average molecular weight is 371 g/mol. The van der Waals surface area contributed by atoms with E-state index in [0.29, 0.717) is 21.9 Å². The molecule has 130 valence electrons. The van der Waals surface area contributed by atoms with E-state index in [4.69, 9.17) is 10.7 Å². The number of carbonyl (C=O) groups is 1. The van der Waals surface area contributed by atoms with Gasteiger partial charge >= 0.3 is 0 Å². The summed E-state index contributed by atoms with van der Waals surface area (Å²) in [5, 5.41) is 2.86. The first-order valence-corrected chi connectivity index (χ1v) is 10.3. The van der Waals surface area contributed by atoms with Gasteiger partial charge in [0.05, 0.1) is 10.6 Å². The molecule has 0 amide bonds. The molecule has 0 saturated carbocycles. The Labute approximate surface area is 155 Å². The first-order chi connectivity index (χ1) is 11.8. The number of hydrogen-bond acceptors (Lipinski definition) is 5. The number of pyridine rings is 1. The zero-order valence-corrected chi connectivity index (χ0v) is 16.4. The third kappa shape index (κ3) is 2.89. The zero-order chi connectivity index (χ0) is 17.8. The fourth-order valence-corrected chi connectivity index (χ4v) is 5.40. The highest BCUT2D eigenvalue weighted by Crippen LogP contribution is 2.41. The van der Waals surface area contributed by atoms with Crippen molar-refractivity contribution in [3.8, 4) is 0 Å². The van der Waals surface area contributed by atoms with Crippen molar-refractivity contribution in [2.45, 2.75) is 40.0 Å². The number of nitrogens with zero attached hydrogens (tertiary/aromatic N) is 1. The SMILES string of the molecule is CC(C)(C)C1CCc2nc3sc(C(=O)c4cccs4)c(N)c3cc2C1. The van der Waals surface area contributed by atoms with E-state index in [2.05, 4.69) is 26.8 Å². The molecule has 0 radical (unpaired) electrons. The smallest absolute Gasteiger partial charge is 0.215 e. The van der Waals surface area contributed by atoms with Crippen LogP contribution < -0.4 is 5.73 Å². The van der Waals surface area contributed by atoms with Crippen LogP contribution in [0.4, 0.5) is 5.69 Å². The van der Waals surface area contributed by atoms with E-state index in [1.165, 1.54) is 40.4 Å². The van der Waals surface area contributed by atoms with Crippen molar-refractivity contribution < 1.29 is 4.79 Å². The molecule has 0 saturated heterocycles. The number of aryl methyl sites for hydroxylation is 1. The summed E-state index contributed by atoms with van der Waals surface area (Å²) in [7, 11) is 0. The number of carbonyl (C=O) groups excluding carboxylic acids is 1. The number of aromatic nitrogens is 1. The Bertz CT molecular complexity index is 948. The molecular weight excluding hydrogens is 348 g/mol. The highest BCUT2D eigenvalue weighted by molar-refractivity contribution is 7.22. The molecule has 1 atom stereocenters. The summed E-state index contributed by atoms with van der Waals surface area (Å²) in [6, 6.07) is 5.93. The van der Waals surface area contributed by atoms with Crippen LogP contribution in [0.15, 0.2) is 23.6 Å². The first-order valence-electron chi connectivity index (χ1n) is 8.63. The molecule has 3 nitrogen and oxygen atoms in total. The summed E-state index contributed by atoms with van der Waals surface area (Å²) >= 11 is 2.88. The van der Waals surface area contributed by atoms with E-state index in [-0.39, 0.29) is 5.78 Å². The molecule has 0 spiro atoms. The van der Waals surface area contributed by atoms with Gasteiger partial charge in [-0.05, 0) is 53.7 Å². The van der Waals surface area contributed by atoms with Crippen LogP contribution in [0.1, 0.15) is 53.0 Å². The number of ketones is 1. The molecule has 0 fully saturated rings. The number of nitrogens with two attached hydrogens (primary N) is 1. The fraction of sp³-hybridized carbons (Fsp3) is 0.400. The Kier molecular flexibility index (Phi) is 3.96. The van der Waals surface area contributed by atoms with Crippen molar-refractivity contribution in [2.24, 2.45) is 11.3 Å². The first kappa shape index (κ1) is 16.7. The average Bonchev–Trinajstić information content (AvgIpc) is 3.20. The number of rotatable bonds is 2. The van der Waals surface area contributed by atoms with Gasteiger partial charge < -0.3 is 5.73 Å². The maximum Gasteiger partial charge on any atom is 0.215 e. The van der Waals surface area contributed by atoms with E-state index >= 15 is 0 Å². The molecule has 5 heteroatoms. The lowest BCUT2D eigenvalue weighted by molar-refractivity contribution is 0.104. The van der Waals surface area contributed by atoms with E-state index in [1.54, 1.807) is 0 Å². The normalized spacial score (nSPS) is 17.6. The van der Waals surface area contributed by atoms with Crippen molar-refractivity contribution in [3.05, 3.63) is 44.6 Å². The standard InChI is InChI=1S/C20H22N2OS2/c1-20(2,3)12-6-7-14-11(9-12)10-13-16(21)18(25-19(13)22-14)17(23)15-5-4-8-24-15/h4-5,8,10,12H,6-7,9,21H2,1-3H3. The largest absolute Gasteiger partial charge is 0.397 e. The maximum atomic E-state index is 12.7. The fourth-order valence-electron chi connectivity index (χ4n) is 3.62. The number of hydrogen-bond donors (Lipinski definition) is 1. The highest BCUT2D eigenvalue weighted by atomic mass is 32.1. The second kappa shape index (κ2) is 5.92. The van der Waals surface area contributed by atoms with Gasteiger partial charge in [0.25, 0.3) is 0 Å². The lowest BCUT2D eigenvalue weighted by Gasteiger charge is -2.34. The Morgan fingerprint density at radius 2 is 2.16 bits per heavy atom. The van der Waals surface area contributed by atoms with Crippen molar-refractivity contribution >= 4 is 44.4 Å². The van der Waals surface area contributed by atoms with Gasteiger partial charge in [-0.15, -0.1) is 22.7 Å². The third-order valence-electron chi connectivity index (χ3n) is 5.26. The van der Waals surface area contributed by atoms with Crippen LogP contribution in [0.2, 0.25) is 0 Å². The second-order valence-corrected chi connectivity index (χ2v) is 9.85. The Balaban J connectivity index is 1.77. The van der Waals surface area contributed by atoms with Gasteiger partial charge in [-0.3, -0.25) is 4.79 Å². The molecule has 3 aromatic rings. The summed E-state index contributed by atoms with van der Waals surface area (Å²) in [5.41, 5.74) is 9.73. The van der Waals surface area contributed by atoms with E-state index in [0.717, 1.165) is 27.9 Å². The van der Waals surface area contributed by atoms with Crippen molar-refractivity contribution in [1.29, 1.82) is 0 Å². The van der Waals surface area contributed by atoms with Gasteiger partial charge in [0, 0.05) is 11.1 Å². The van der Waals surface area contributed by atoms with Gasteiger partial charge in [0.1, 0.15) is 9.71 Å². The van der Waals surface area contributed by atoms with Gasteiger partial charge in [0.2, 0.25) is 5.78 Å². The Morgan fingerprint density at radius 3 is 2.84 bits per heavy atom. The topological polar surface area (TPSA) is 56.0 Å². The molecule has 3 aromatic heterocycles. The summed E-state index contributed by atoms with van der Waals surface area (Å²) < 4.78 is 0. The molecule has 4 rings (SSSR count). The summed E-state index contributed by atoms with van der Waals surface area (Å²) in [6.07, 6.45) is 3.24. The molecule has 1 aliphatic rings. The van der Waals surface area contributed by atoms with Crippen molar-refractivity contribution in [1.82, 2.24) is 4.98 Å². The minimum Gasteiger partial charge on any atom is -0.397 e. The van der Waals surface area contributed by atoms with E-state index < -0.39 is 0 Å². The van der Waals surface area contributed by atoms with Crippen LogP contribution in [-0.2, 0) is 12.8 Å². The van der Waals surface area contributed by atoms with Gasteiger partial charge in [0.15, 0.2) is 0 Å². The molecule has 0 aliphatic heterocycles. The summed E-state index contributed by atoms with van der Waals surface area (Å²) in [6.45, 7) is 6.93. The minimum absolute atomic E-state index is 0.0149. The molecule has 1 aliphatic carbocycles. The Hall–Kier alpha value is -1.72. The van der Waals surface area contributed by atoms with Crippen LogP contribution in [0, 0.1) is 11.3 Å². The quantitative estimate of drug-likeness (QED) is 0.621. The lowest BCUT2D eigenvalue weighted by atomic mass is 9.71. The molecule has 1 unspecified atom stereocenters. The molecule has 3 heterocycles. The van der Waals surface area contributed by atoms with Gasteiger partial charge in [-0.2, -0.15) is 0 Å². The van der Waals surface area contributed by atoms with Crippen LogP contribution >= 0.6 is 22.7 Å². The third-order valence-corrected chi connectivity index (χ3v) is 7.24. The Morgan fingerprint density at radius 1 is 1.36 bits per heavy atom. The lowest BCUT2D eigenvalue weighted by Crippen LogP contribution is -2.27. The van der Waals surface area contributed by atoms with Crippen molar-refractivity contribution in [3.63, 3.8) is 0 Å². The van der Waals surface area contributed by atoms with Gasteiger partial charge in [-0.1, -0.05) is 26.8 Å². The molecule has 0 aromatic carbocycles. The summed E-state index contributed by atoms with van der Waals surface area (Å²) in [4.78, 5) is 19.8. The van der Waals surface area contributed by atoms with Crippen LogP contribution in [0.3, 0.4) is 0 Å². The van der Waals surface area contributed by atoms with Crippen LogP contribution in [-0.4, -0.2) is 10.8 Å². The number of fused-ring (bicyclic) bond motifs is 2. The molecular formula is C20H22N2OS2. The zero-order valence-electron chi connectivity index (χ0n) is 14.8. The van der Waals surface area contributed by atoms with E-state index in [9.17, 15) is 4.79 Å².